The molecule has 2 unspecified atom stereocenters. The zero-order chi connectivity index (χ0) is 12.3. The number of hydrogen-bond donors (Lipinski definition) is 1. The lowest BCUT2D eigenvalue weighted by molar-refractivity contribution is -0.130. The van der Waals surface area contributed by atoms with E-state index in [-0.39, 0.29) is 0 Å². The lowest BCUT2D eigenvalue weighted by Gasteiger charge is -2.19. The van der Waals surface area contributed by atoms with Crippen LogP contribution in [0.25, 0.3) is 0 Å². The molecule has 2 rings (SSSR count). The van der Waals surface area contributed by atoms with E-state index in [1.807, 2.05) is 0 Å². The molecular formula is C14H26N2O. The van der Waals surface area contributed by atoms with E-state index in [4.69, 9.17) is 0 Å². The summed E-state index contributed by atoms with van der Waals surface area (Å²) < 4.78 is 0. The smallest absolute Gasteiger partial charge is 0.222 e. The van der Waals surface area contributed by atoms with E-state index in [1.54, 1.807) is 0 Å². The van der Waals surface area contributed by atoms with Crippen LogP contribution in [-0.4, -0.2) is 37.0 Å². The molecule has 3 nitrogen and oxygen atoms in total. The van der Waals surface area contributed by atoms with Gasteiger partial charge in [-0.05, 0) is 50.1 Å². The van der Waals surface area contributed by atoms with Crippen molar-refractivity contribution in [3.8, 4) is 0 Å². The van der Waals surface area contributed by atoms with Crippen LogP contribution in [-0.2, 0) is 4.79 Å². The first-order chi connectivity index (χ1) is 8.16. The van der Waals surface area contributed by atoms with Crippen LogP contribution in [0.2, 0.25) is 0 Å². The summed E-state index contributed by atoms with van der Waals surface area (Å²) in [6, 6.07) is 0. The third-order valence-corrected chi connectivity index (χ3v) is 4.45. The number of hydrogen-bond acceptors (Lipinski definition) is 2. The molecule has 2 atom stereocenters. The molecule has 0 aliphatic carbocycles. The van der Waals surface area contributed by atoms with Crippen LogP contribution in [0.1, 0.15) is 39.5 Å². The minimum Gasteiger partial charge on any atom is -0.342 e. The largest absolute Gasteiger partial charge is 0.342 e. The number of carbonyl (C=O) groups excluding carboxylic acids is 1. The van der Waals surface area contributed by atoms with Gasteiger partial charge in [-0.15, -0.1) is 0 Å². The van der Waals surface area contributed by atoms with Crippen molar-refractivity contribution in [2.75, 3.05) is 26.2 Å². The van der Waals surface area contributed by atoms with Crippen LogP contribution in [0.5, 0.6) is 0 Å². The summed E-state index contributed by atoms with van der Waals surface area (Å²) in [7, 11) is 0. The van der Waals surface area contributed by atoms with E-state index in [9.17, 15) is 4.79 Å². The summed E-state index contributed by atoms with van der Waals surface area (Å²) in [5.41, 5.74) is 0. The fourth-order valence-electron chi connectivity index (χ4n) is 3.00. The average molecular weight is 238 g/mol. The van der Waals surface area contributed by atoms with Crippen molar-refractivity contribution in [3.05, 3.63) is 0 Å². The molecule has 98 valence electrons. The number of amides is 1. The highest BCUT2D eigenvalue weighted by Gasteiger charge is 2.28. The predicted octanol–water partition coefficient (Wildman–Crippen LogP) is 1.88. The Morgan fingerprint density at radius 2 is 2.24 bits per heavy atom. The normalized spacial score (nSPS) is 29.2. The second-order valence-electron chi connectivity index (χ2n) is 6.03. The monoisotopic (exact) mass is 238 g/mol. The third-order valence-electron chi connectivity index (χ3n) is 4.45. The van der Waals surface area contributed by atoms with E-state index in [2.05, 4.69) is 24.1 Å². The molecule has 17 heavy (non-hydrogen) atoms. The van der Waals surface area contributed by atoms with Gasteiger partial charge in [0.1, 0.15) is 0 Å². The molecule has 0 aromatic heterocycles. The van der Waals surface area contributed by atoms with E-state index < -0.39 is 0 Å². The second-order valence-corrected chi connectivity index (χ2v) is 6.03. The molecule has 0 spiro atoms. The zero-order valence-corrected chi connectivity index (χ0v) is 11.2. The van der Waals surface area contributed by atoms with Gasteiger partial charge in [-0.25, -0.2) is 0 Å². The third kappa shape index (κ3) is 3.44. The van der Waals surface area contributed by atoms with Crippen molar-refractivity contribution in [3.63, 3.8) is 0 Å². The van der Waals surface area contributed by atoms with E-state index >= 15 is 0 Å². The van der Waals surface area contributed by atoms with Crippen molar-refractivity contribution in [1.29, 1.82) is 0 Å². The Morgan fingerprint density at radius 1 is 1.41 bits per heavy atom. The minimum atomic E-state index is 0.389. The van der Waals surface area contributed by atoms with Crippen molar-refractivity contribution in [2.24, 2.45) is 17.8 Å². The van der Waals surface area contributed by atoms with Crippen LogP contribution >= 0.6 is 0 Å². The predicted molar refractivity (Wildman–Crippen MR) is 69.7 cm³/mol. The second kappa shape index (κ2) is 5.85. The van der Waals surface area contributed by atoms with E-state index in [0.717, 1.165) is 50.9 Å². The Hall–Kier alpha value is -0.570. The van der Waals surface area contributed by atoms with Gasteiger partial charge >= 0.3 is 0 Å². The molecule has 2 saturated heterocycles. The van der Waals surface area contributed by atoms with E-state index in [0.29, 0.717) is 11.8 Å². The molecule has 2 aliphatic heterocycles. The Bertz CT molecular complexity index is 259. The Labute approximate surface area is 105 Å². The molecule has 0 radical (unpaired) electrons. The molecule has 0 aromatic rings. The summed E-state index contributed by atoms with van der Waals surface area (Å²) >= 11 is 0. The number of carbonyl (C=O) groups is 1. The van der Waals surface area contributed by atoms with Crippen molar-refractivity contribution in [2.45, 2.75) is 39.5 Å². The van der Waals surface area contributed by atoms with Gasteiger partial charge in [0.15, 0.2) is 0 Å². The number of likely N-dealkylation sites (tertiary alicyclic amines) is 1. The molecule has 1 amide bonds. The highest BCUT2D eigenvalue weighted by molar-refractivity contribution is 5.76. The Kier molecular flexibility index (Phi) is 4.43. The van der Waals surface area contributed by atoms with Gasteiger partial charge < -0.3 is 10.2 Å². The van der Waals surface area contributed by atoms with Crippen molar-refractivity contribution < 1.29 is 4.79 Å². The van der Waals surface area contributed by atoms with Gasteiger partial charge in [0, 0.05) is 19.5 Å². The van der Waals surface area contributed by atoms with E-state index in [1.165, 1.54) is 12.8 Å². The maximum absolute atomic E-state index is 12.1. The fourth-order valence-corrected chi connectivity index (χ4v) is 3.00. The zero-order valence-electron chi connectivity index (χ0n) is 11.2. The van der Waals surface area contributed by atoms with Crippen molar-refractivity contribution >= 4 is 5.91 Å². The number of nitrogens with zero attached hydrogens (tertiary/aromatic N) is 1. The molecule has 0 aromatic carbocycles. The van der Waals surface area contributed by atoms with Gasteiger partial charge in [-0.3, -0.25) is 4.79 Å². The minimum absolute atomic E-state index is 0.389. The van der Waals surface area contributed by atoms with Crippen LogP contribution in [0.3, 0.4) is 0 Å². The van der Waals surface area contributed by atoms with Crippen molar-refractivity contribution in [1.82, 2.24) is 10.2 Å². The molecule has 2 fully saturated rings. The van der Waals surface area contributed by atoms with Gasteiger partial charge in [0.05, 0.1) is 0 Å². The molecule has 0 saturated carbocycles. The number of nitrogens with one attached hydrogen (secondary N) is 1. The van der Waals surface area contributed by atoms with Gasteiger partial charge in [-0.2, -0.15) is 0 Å². The summed E-state index contributed by atoms with van der Waals surface area (Å²) in [5, 5.41) is 3.36. The summed E-state index contributed by atoms with van der Waals surface area (Å²) in [5.74, 6) is 2.57. The maximum atomic E-state index is 12.1. The maximum Gasteiger partial charge on any atom is 0.222 e. The average Bonchev–Trinajstić information content (AvgIpc) is 2.96. The Morgan fingerprint density at radius 3 is 2.82 bits per heavy atom. The quantitative estimate of drug-likeness (QED) is 0.811. The van der Waals surface area contributed by atoms with Gasteiger partial charge in [-0.1, -0.05) is 13.8 Å². The Balaban J connectivity index is 1.69. The lowest BCUT2D eigenvalue weighted by Crippen LogP contribution is -2.29. The number of rotatable bonds is 4. The lowest BCUT2D eigenvalue weighted by atomic mass is 9.95. The molecule has 2 aliphatic rings. The van der Waals surface area contributed by atoms with Gasteiger partial charge in [0.25, 0.3) is 0 Å². The molecule has 3 heteroatoms. The topological polar surface area (TPSA) is 32.3 Å². The van der Waals surface area contributed by atoms with Crippen LogP contribution in [0, 0.1) is 17.8 Å². The van der Waals surface area contributed by atoms with Crippen LogP contribution < -0.4 is 5.32 Å². The molecule has 0 bridgehead atoms. The summed E-state index contributed by atoms with van der Waals surface area (Å²) in [6.45, 7) is 8.77. The van der Waals surface area contributed by atoms with Crippen LogP contribution in [0.4, 0.5) is 0 Å². The summed E-state index contributed by atoms with van der Waals surface area (Å²) in [6.07, 6.45) is 4.29. The molecule has 2 heterocycles. The fraction of sp³-hybridized carbons (Fsp3) is 0.929. The van der Waals surface area contributed by atoms with Gasteiger partial charge in [0.2, 0.25) is 5.91 Å². The van der Waals surface area contributed by atoms with Crippen LogP contribution in [0.15, 0.2) is 0 Å². The highest BCUT2D eigenvalue weighted by Crippen LogP contribution is 2.25. The molecule has 1 N–H and O–H groups in total. The SMILES string of the molecule is CC(C)C1CCN(C(=O)CCC2CCNC2)C1. The first-order valence-corrected chi connectivity index (χ1v) is 7.15. The first kappa shape index (κ1) is 12.9. The summed E-state index contributed by atoms with van der Waals surface area (Å²) in [4.78, 5) is 14.2. The highest BCUT2D eigenvalue weighted by atomic mass is 16.2. The molecular weight excluding hydrogens is 212 g/mol. The standard InChI is InChI=1S/C14H26N2O/c1-11(2)13-6-8-16(10-13)14(17)4-3-12-5-7-15-9-12/h11-13,15H,3-10H2,1-2H3. The first-order valence-electron chi connectivity index (χ1n) is 7.15.